The van der Waals surface area contributed by atoms with Gasteiger partial charge in [0.15, 0.2) is 0 Å². The molecule has 0 unspecified atom stereocenters. The molecule has 1 saturated carbocycles. The van der Waals surface area contributed by atoms with Crippen molar-refractivity contribution in [1.82, 2.24) is 14.4 Å². The van der Waals surface area contributed by atoms with Crippen LogP contribution in [0.2, 0.25) is 0 Å². The van der Waals surface area contributed by atoms with E-state index in [9.17, 15) is 9.59 Å². The van der Waals surface area contributed by atoms with Crippen molar-refractivity contribution in [2.45, 2.75) is 65.5 Å². The van der Waals surface area contributed by atoms with E-state index in [-0.39, 0.29) is 23.4 Å². The van der Waals surface area contributed by atoms with Crippen LogP contribution < -0.4 is 0 Å². The lowest BCUT2D eigenvalue weighted by Gasteiger charge is -2.34. The maximum atomic E-state index is 13.1. The molecule has 0 radical (unpaired) electrons. The molecule has 2 amide bonds. The molecule has 2 aliphatic rings. The van der Waals surface area contributed by atoms with Crippen LogP contribution in [0, 0.1) is 11.8 Å². The van der Waals surface area contributed by atoms with Gasteiger partial charge in [0, 0.05) is 44.0 Å². The van der Waals surface area contributed by atoms with Crippen molar-refractivity contribution in [3.63, 3.8) is 0 Å². The number of hydrogen-bond donors (Lipinski definition) is 0. The molecule has 1 aliphatic carbocycles. The smallest absolute Gasteiger partial charge is 0.255 e. The van der Waals surface area contributed by atoms with E-state index >= 15 is 0 Å². The lowest BCUT2D eigenvalue weighted by molar-refractivity contribution is -0.133. The monoisotopic (exact) mass is 359 g/mol. The van der Waals surface area contributed by atoms with Crippen molar-refractivity contribution < 1.29 is 9.59 Å². The number of nitrogens with zero attached hydrogens (tertiary/aromatic N) is 3. The SMILES string of the molecule is CC(C)[C@@H]1CN(C(=O)c2ccn(C(C)(C)C)c2)CCC(=O)N1CC1CC1. The quantitative estimate of drug-likeness (QED) is 0.827. The molecule has 0 N–H and O–H groups in total. The minimum atomic E-state index is -0.0468. The zero-order chi connectivity index (χ0) is 19.1. The maximum Gasteiger partial charge on any atom is 0.255 e. The van der Waals surface area contributed by atoms with Crippen LogP contribution in [0.3, 0.4) is 0 Å². The first-order chi connectivity index (χ1) is 12.2. The maximum absolute atomic E-state index is 13.1. The van der Waals surface area contributed by atoms with E-state index in [2.05, 4.69) is 44.1 Å². The summed E-state index contributed by atoms with van der Waals surface area (Å²) in [5.41, 5.74) is 0.667. The van der Waals surface area contributed by atoms with Gasteiger partial charge in [-0.15, -0.1) is 0 Å². The molecule has 1 saturated heterocycles. The van der Waals surface area contributed by atoms with Crippen molar-refractivity contribution in [3.05, 3.63) is 24.0 Å². The van der Waals surface area contributed by atoms with E-state index in [1.54, 1.807) is 0 Å². The van der Waals surface area contributed by atoms with Gasteiger partial charge in [0.25, 0.3) is 5.91 Å². The summed E-state index contributed by atoms with van der Waals surface area (Å²) in [5.74, 6) is 1.26. The Hall–Kier alpha value is -1.78. The second kappa shape index (κ2) is 7.09. The summed E-state index contributed by atoms with van der Waals surface area (Å²) in [6, 6.07) is 2.01. The van der Waals surface area contributed by atoms with E-state index in [0.717, 1.165) is 6.54 Å². The molecule has 1 aromatic heterocycles. The molecule has 1 aliphatic heterocycles. The van der Waals surface area contributed by atoms with Crippen molar-refractivity contribution in [2.75, 3.05) is 19.6 Å². The summed E-state index contributed by atoms with van der Waals surface area (Å²) in [6.07, 6.45) is 6.80. The first-order valence-corrected chi connectivity index (χ1v) is 9.94. The normalized spacial score (nSPS) is 22.1. The predicted molar refractivity (Wildman–Crippen MR) is 103 cm³/mol. The zero-order valence-electron chi connectivity index (χ0n) is 16.9. The van der Waals surface area contributed by atoms with Gasteiger partial charge in [-0.05, 0) is 51.5 Å². The van der Waals surface area contributed by atoms with E-state index in [1.807, 2.05) is 23.4 Å². The van der Waals surface area contributed by atoms with Crippen LogP contribution in [0.4, 0.5) is 0 Å². The number of carbonyl (C=O) groups is 2. The third-order valence-electron chi connectivity index (χ3n) is 5.65. The molecule has 3 rings (SSSR count). The Kier molecular flexibility index (Phi) is 5.18. The number of carbonyl (C=O) groups excluding carboxylic acids is 2. The summed E-state index contributed by atoms with van der Waals surface area (Å²) < 4.78 is 2.07. The largest absolute Gasteiger partial charge is 0.348 e. The molecule has 0 aromatic carbocycles. The Morgan fingerprint density at radius 3 is 2.50 bits per heavy atom. The van der Waals surface area contributed by atoms with E-state index < -0.39 is 0 Å². The van der Waals surface area contributed by atoms with Gasteiger partial charge >= 0.3 is 0 Å². The van der Waals surface area contributed by atoms with Crippen LogP contribution in [-0.2, 0) is 10.3 Å². The molecule has 26 heavy (non-hydrogen) atoms. The molecule has 5 nitrogen and oxygen atoms in total. The summed E-state index contributed by atoms with van der Waals surface area (Å²) in [5, 5.41) is 0. The summed E-state index contributed by atoms with van der Waals surface area (Å²) >= 11 is 0. The van der Waals surface area contributed by atoms with Gasteiger partial charge in [-0.3, -0.25) is 9.59 Å². The molecule has 1 atom stereocenters. The molecule has 0 bridgehead atoms. The second-order valence-corrected chi connectivity index (χ2v) is 9.28. The van der Waals surface area contributed by atoms with E-state index in [1.165, 1.54) is 12.8 Å². The van der Waals surface area contributed by atoms with Gasteiger partial charge in [0.2, 0.25) is 5.91 Å². The number of hydrogen-bond acceptors (Lipinski definition) is 2. The molecular formula is C21H33N3O2. The lowest BCUT2D eigenvalue weighted by Crippen LogP contribution is -2.48. The topological polar surface area (TPSA) is 45.6 Å². The highest BCUT2D eigenvalue weighted by molar-refractivity contribution is 5.94. The van der Waals surface area contributed by atoms with Crippen LogP contribution in [0.1, 0.15) is 64.2 Å². The standard InChI is InChI=1S/C21H33N3O2/c1-15(2)18-14-22(10-9-19(25)24(18)12-16-6-7-16)20(26)17-8-11-23(13-17)21(3,4)5/h8,11,13,15-16,18H,6-7,9-10,12,14H2,1-5H3/t18-/m0/s1. The first kappa shape index (κ1) is 19.0. The minimum Gasteiger partial charge on any atom is -0.348 e. The molecule has 1 aromatic rings. The second-order valence-electron chi connectivity index (χ2n) is 9.28. The number of aromatic nitrogens is 1. The fraction of sp³-hybridized carbons (Fsp3) is 0.714. The van der Waals surface area contributed by atoms with Gasteiger partial charge in [-0.2, -0.15) is 0 Å². The van der Waals surface area contributed by atoms with Gasteiger partial charge in [-0.25, -0.2) is 0 Å². The van der Waals surface area contributed by atoms with Crippen LogP contribution in [-0.4, -0.2) is 51.9 Å². The predicted octanol–water partition coefficient (Wildman–Crippen LogP) is 3.35. The summed E-state index contributed by atoms with van der Waals surface area (Å²) in [7, 11) is 0. The Balaban J connectivity index is 1.78. The Bertz CT molecular complexity index is 667. The minimum absolute atomic E-state index is 0.0414. The average Bonchev–Trinajstić information content (AvgIpc) is 3.26. The van der Waals surface area contributed by atoms with Crippen LogP contribution in [0.25, 0.3) is 0 Å². The van der Waals surface area contributed by atoms with Gasteiger partial charge in [-0.1, -0.05) is 13.8 Å². The highest BCUT2D eigenvalue weighted by Gasteiger charge is 2.36. The highest BCUT2D eigenvalue weighted by Crippen LogP contribution is 2.32. The third kappa shape index (κ3) is 4.13. The molecule has 2 heterocycles. The third-order valence-corrected chi connectivity index (χ3v) is 5.65. The Morgan fingerprint density at radius 2 is 1.96 bits per heavy atom. The van der Waals surface area contributed by atoms with Gasteiger partial charge in [0.1, 0.15) is 0 Å². The molecule has 0 spiro atoms. The van der Waals surface area contributed by atoms with Crippen LogP contribution >= 0.6 is 0 Å². The molecule has 144 valence electrons. The van der Waals surface area contributed by atoms with Crippen molar-refractivity contribution >= 4 is 11.8 Å². The van der Waals surface area contributed by atoms with Gasteiger partial charge < -0.3 is 14.4 Å². The van der Waals surface area contributed by atoms with E-state index in [0.29, 0.717) is 36.9 Å². The molecule has 2 fully saturated rings. The average molecular weight is 360 g/mol. The van der Waals surface area contributed by atoms with Gasteiger partial charge in [0.05, 0.1) is 11.6 Å². The highest BCUT2D eigenvalue weighted by atomic mass is 16.2. The fourth-order valence-corrected chi connectivity index (χ4v) is 3.67. The molecular weight excluding hydrogens is 326 g/mol. The Labute approximate surface area is 157 Å². The summed E-state index contributed by atoms with van der Waals surface area (Å²) in [6.45, 7) is 12.7. The van der Waals surface area contributed by atoms with Crippen LogP contribution in [0.5, 0.6) is 0 Å². The Morgan fingerprint density at radius 1 is 1.27 bits per heavy atom. The van der Waals surface area contributed by atoms with E-state index in [4.69, 9.17) is 0 Å². The van der Waals surface area contributed by atoms with Crippen molar-refractivity contribution in [2.24, 2.45) is 11.8 Å². The number of amides is 2. The van der Waals surface area contributed by atoms with Crippen LogP contribution in [0.15, 0.2) is 18.5 Å². The fourth-order valence-electron chi connectivity index (χ4n) is 3.67. The molecule has 5 heteroatoms. The first-order valence-electron chi connectivity index (χ1n) is 9.94. The summed E-state index contributed by atoms with van der Waals surface area (Å²) in [4.78, 5) is 29.8. The van der Waals surface area contributed by atoms with Crippen molar-refractivity contribution in [1.29, 1.82) is 0 Å². The zero-order valence-corrected chi connectivity index (χ0v) is 16.9. The number of rotatable bonds is 4. The van der Waals surface area contributed by atoms with Crippen molar-refractivity contribution in [3.8, 4) is 0 Å². The lowest BCUT2D eigenvalue weighted by atomic mass is 10.0.